The van der Waals surface area contributed by atoms with Crippen molar-refractivity contribution in [2.24, 2.45) is 0 Å². The van der Waals surface area contributed by atoms with E-state index in [1.54, 1.807) is 36.4 Å². The van der Waals surface area contributed by atoms with Gasteiger partial charge in [0.1, 0.15) is 11.6 Å². The maximum atomic E-state index is 14.4. The van der Waals surface area contributed by atoms with Crippen molar-refractivity contribution in [2.75, 3.05) is 26.2 Å². The fraction of sp³-hybridized carbons (Fsp3) is 0.400. The van der Waals surface area contributed by atoms with Crippen LogP contribution in [0.1, 0.15) is 53.6 Å². The molecule has 2 saturated heterocycles. The van der Waals surface area contributed by atoms with Crippen LogP contribution in [0.5, 0.6) is 5.75 Å². The van der Waals surface area contributed by atoms with Crippen LogP contribution in [-0.4, -0.2) is 43.2 Å². The number of likely N-dealkylation sites (tertiary alicyclic amines) is 1. The molecule has 0 spiro atoms. The highest BCUT2D eigenvalue weighted by Crippen LogP contribution is 2.21. The molecule has 2 heterocycles. The smallest absolute Gasteiger partial charge is 0.199 e. The molecule has 2 aliphatic rings. The quantitative estimate of drug-likeness (QED) is 0.544. The summed E-state index contributed by atoms with van der Waals surface area (Å²) in [6.07, 6.45) is 5.20. The Morgan fingerprint density at radius 3 is 2.53 bits per heavy atom. The van der Waals surface area contributed by atoms with Gasteiger partial charge >= 0.3 is 0 Å². The number of hydrogen-bond donors (Lipinski definition) is 0. The van der Waals surface area contributed by atoms with Gasteiger partial charge in [0.05, 0.1) is 18.7 Å². The Bertz CT molecular complexity index is 933. The number of benzene rings is 2. The first-order valence-corrected chi connectivity index (χ1v) is 10.6. The standard InChI is InChI=1S/C25H26FNO3/c26-23-18-21(9-8-19(23)6-5-16-27-14-2-3-15-27)25(28)20-10-12-22(13-11-20)30-24-7-1-4-17-29-24/h8-13,18,24H,1-4,7,14-17H2. The number of ether oxygens (including phenoxy) is 2. The van der Waals surface area contributed by atoms with Crippen LogP contribution in [0.2, 0.25) is 0 Å². The van der Waals surface area contributed by atoms with Crippen molar-refractivity contribution in [3.63, 3.8) is 0 Å². The summed E-state index contributed by atoms with van der Waals surface area (Å²) in [6.45, 7) is 3.48. The molecule has 2 fully saturated rings. The number of rotatable bonds is 5. The van der Waals surface area contributed by atoms with E-state index in [9.17, 15) is 9.18 Å². The molecule has 0 amide bonds. The monoisotopic (exact) mass is 407 g/mol. The van der Waals surface area contributed by atoms with Crippen molar-refractivity contribution in [1.29, 1.82) is 0 Å². The molecule has 0 aromatic heterocycles. The zero-order valence-corrected chi connectivity index (χ0v) is 17.0. The Labute approximate surface area is 177 Å². The molecule has 2 aromatic carbocycles. The maximum Gasteiger partial charge on any atom is 0.199 e. The fourth-order valence-corrected chi connectivity index (χ4v) is 3.75. The molecular weight excluding hydrogens is 381 g/mol. The Morgan fingerprint density at radius 2 is 1.83 bits per heavy atom. The molecule has 0 bridgehead atoms. The highest BCUT2D eigenvalue weighted by atomic mass is 19.1. The molecule has 4 rings (SSSR count). The summed E-state index contributed by atoms with van der Waals surface area (Å²) in [5.74, 6) is 5.88. The lowest BCUT2D eigenvalue weighted by Gasteiger charge is -2.23. The lowest BCUT2D eigenvalue weighted by atomic mass is 10.0. The Balaban J connectivity index is 1.39. The van der Waals surface area contributed by atoms with Gasteiger partial charge in [-0.25, -0.2) is 4.39 Å². The molecule has 1 unspecified atom stereocenters. The summed E-state index contributed by atoms with van der Waals surface area (Å²) >= 11 is 0. The van der Waals surface area contributed by atoms with Gasteiger partial charge in [-0.2, -0.15) is 0 Å². The maximum absolute atomic E-state index is 14.4. The first-order chi connectivity index (χ1) is 14.7. The van der Waals surface area contributed by atoms with Crippen molar-refractivity contribution in [3.05, 3.63) is 65.0 Å². The predicted octanol–water partition coefficient (Wildman–Crippen LogP) is 4.41. The Morgan fingerprint density at radius 1 is 1.07 bits per heavy atom. The average molecular weight is 407 g/mol. The van der Waals surface area contributed by atoms with Gasteiger partial charge in [-0.05, 0) is 81.2 Å². The lowest BCUT2D eigenvalue weighted by Crippen LogP contribution is -2.24. The second kappa shape index (κ2) is 9.88. The SMILES string of the molecule is O=C(c1ccc(OC2CCCCO2)cc1)c1ccc(C#CCN2CCCC2)c(F)c1. The molecule has 2 aliphatic heterocycles. The van der Waals surface area contributed by atoms with Crippen LogP contribution in [0.25, 0.3) is 0 Å². The van der Waals surface area contributed by atoms with Crippen LogP contribution in [0.3, 0.4) is 0 Å². The zero-order chi connectivity index (χ0) is 20.8. The lowest BCUT2D eigenvalue weighted by molar-refractivity contribution is -0.105. The molecule has 0 radical (unpaired) electrons. The minimum atomic E-state index is -0.468. The van der Waals surface area contributed by atoms with Gasteiger partial charge in [-0.1, -0.05) is 11.8 Å². The minimum absolute atomic E-state index is 0.228. The first-order valence-electron chi connectivity index (χ1n) is 10.6. The van der Waals surface area contributed by atoms with Gasteiger partial charge in [0.2, 0.25) is 0 Å². The number of nitrogens with zero attached hydrogens (tertiary/aromatic N) is 1. The topological polar surface area (TPSA) is 38.8 Å². The van der Waals surface area contributed by atoms with Crippen LogP contribution in [0.15, 0.2) is 42.5 Å². The van der Waals surface area contributed by atoms with E-state index in [1.807, 2.05) is 0 Å². The van der Waals surface area contributed by atoms with E-state index in [0.29, 0.717) is 35.6 Å². The second-order valence-corrected chi connectivity index (χ2v) is 7.75. The molecule has 5 heteroatoms. The average Bonchev–Trinajstić information content (AvgIpc) is 3.29. The molecule has 0 aliphatic carbocycles. The molecule has 1 atom stereocenters. The largest absolute Gasteiger partial charge is 0.465 e. The van der Waals surface area contributed by atoms with Crippen molar-refractivity contribution in [3.8, 4) is 17.6 Å². The fourth-order valence-electron chi connectivity index (χ4n) is 3.75. The van der Waals surface area contributed by atoms with E-state index >= 15 is 0 Å². The van der Waals surface area contributed by atoms with Crippen LogP contribution in [0.4, 0.5) is 4.39 Å². The molecule has 0 N–H and O–H groups in total. The van der Waals surface area contributed by atoms with Crippen LogP contribution in [-0.2, 0) is 4.74 Å². The third-order valence-electron chi connectivity index (χ3n) is 5.48. The minimum Gasteiger partial charge on any atom is -0.465 e. The summed E-state index contributed by atoms with van der Waals surface area (Å²) < 4.78 is 25.8. The highest BCUT2D eigenvalue weighted by Gasteiger charge is 2.16. The van der Waals surface area contributed by atoms with Gasteiger partial charge < -0.3 is 9.47 Å². The molecule has 2 aromatic rings. The van der Waals surface area contributed by atoms with Crippen LogP contribution >= 0.6 is 0 Å². The molecule has 156 valence electrons. The normalized spacial score (nSPS) is 19.2. The van der Waals surface area contributed by atoms with Crippen molar-refractivity contribution in [1.82, 2.24) is 4.90 Å². The summed E-state index contributed by atoms with van der Waals surface area (Å²) in [7, 11) is 0. The van der Waals surface area contributed by atoms with Crippen molar-refractivity contribution >= 4 is 5.78 Å². The van der Waals surface area contributed by atoms with Crippen LogP contribution in [0, 0.1) is 17.7 Å². The highest BCUT2D eigenvalue weighted by molar-refractivity contribution is 6.09. The summed E-state index contributed by atoms with van der Waals surface area (Å²) in [5, 5.41) is 0. The van der Waals surface area contributed by atoms with E-state index < -0.39 is 5.82 Å². The van der Waals surface area contributed by atoms with Crippen LogP contribution < -0.4 is 4.74 Å². The number of halogens is 1. The molecule has 0 saturated carbocycles. The third kappa shape index (κ3) is 5.27. The Kier molecular flexibility index (Phi) is 6.78. The summed E-state index contributed by atoms with van der Waals surface area (Å²) in [6, 6.07) is 11.4. The second-order valence-electron chi connectivity index (χ2n) is 7.75. The van der Waals surface area contributed by atoms with Gasteiger partial charge in [0.25, 0.3) is 0 Å². The number of ketones is 1. The predicted molar refractivity (Wildman–Crippen MR) is 113 cm³/mol. The van der Waals surface area contributed by atoms with Gasteiger partial charge in [0.15, 0.2) is 12.1 Å². The molecule has 30 heavy (non-hydrogen) atoms. The van der Waals surface area contributed by atoms with Gasteiger partial charge in [-0.15, -0.1) is 0 Å². The van der Waals surface area contributed by atoms with Crippen molar-refractivity contribution in [2.45, 2.75) is 38.4 Å². The summed E-state index contributed by atoms with van der Waals surface area (Å²) in [4.78, 5) is 15.0. The van der Waals surface area contributed by atoms with Gasteiger partial charge in [-0.3, -0.25) is 9.69 Å². The van der Waals surface area contributed by atoms with E-state index in [1.165, 1.54) is 18.9 Å². The van der Waals surface area contributed by atoms with Gasteiger partial charge in [0, 0.05) is 17.5 Å². The molecule has 4 nitrogen and oxygen atoms in total. The van der Waals surface area contributed by atoms with E-state index in [4.69, 9.17) is 9.47 Å². The van der Waals surface area contributed by atoms with Crippen molar-refractivity contribution < 1.29 is 18.7 Å². The Hall–Kier alpha value is -2.68. The first kappa shape index (κ1) is 20.6. The number of carbonyl (C=O) groups excluding carboxylic acids is 1. The van der Waals surface area contributed by atoms with E-state index in [2.05, 4.69) is 16.7 Å². The number of carbonyl (C=O) groups is 1. The summed E-state index contributed by atoms with van der Waals surface area (Å²) in [5.41, 5.74) is 1.11. The molecular formula is C25H26FNO3. The number of hydrogen-bond acceptors (Lipinski definition) is 4. The third-order valence-corrected chi connectivity index (χ3v) is 5.48. The van der Waals surface area contributed by atoms with E-state index in [0.717, 1.165) is 32.4 Å². The zero-order valence-electron chi connectivity index (χ0n) is 17.0. The van der Waals surface area contributed by atoms with E-state index in [-0.39, 0.29) is 12.1 Å².